The predicted molar refractivity (Wildman–Crippen MR) is 130 cm³/mol. The van der Waals surface area contributed by atoms with Gasteiger partial charge in [-0.15, -0.1) is 0 Å². The summed E-state index contributed by atoms with van der Waals surface area (Å²) in [5.41, 5.74) is 5.62. The number of nitrogens with one attached hydrogen (secondary N) is 2. The van der Waals surface area contributed by atoms with E-state index < -0.39 is 5.97 Å². The summed E-state index contributed by atoms with van der Waals surface area (Å²) in [5, 5.41) is 13.2. The number of aliphatic carboxylic acids is 1. The number of thioether (sulfide) groups is 1. The smallest absolute Gasteiger partial charge is 0.341 e. The molecule has 0 saturated heterocycles. The molecule has 1 aromatic rings. The molecule has 184 valence electrons. The fourth-order valence-corrected chi connectivity index (χ4v) is 2.56. The van der Waals surface area contributed by atoms with Crippen LogP contribution in [0.1, 0.15) is 33.8 Å². The summed E-state index contributed by atoms with van der Waals surface area (Å²) in [4.78, 5) is 43.1. The zero-order chi connectivity index (χ0) is 24.2. The van der Waals surface area contributed by atoms with Crippen molar-refractivity contribution in [2.75, 3.05) is 38.2 Å². The second-order valence-electron chi connectivity index (χ2n) is 6.66. The Balaban J connectivity index is -0.000000493. The van der Waals surface area contributed by atoms with Crippen molar-refractivity contribution in [3.05, 3.63) is 29.8 Å². The number of benzene rings is 1. The zero-order valence-corrected chi connectivity index (χ0v) is 19.7. The number of rotatable bonds is 11. The summed E-state index contributed by atoms with van der Waals surface area (Å²) in [6.07, 6.45) is 0. The van der Waals surface area contributed by atoms with E-state index in [0.717, 1.165) is 11.3 Å². The predicted octanol–water partition coefficient (Wildman–Crippen LogP) is 1.87. The van der Waals surface area contributed by atoms with Crippen LogP contribution in [0.2, 0.25) is 0 Å². The van der Waals surface area contributed by atoms with Crippen molar-refractivity contribution in [1.29, 1.82) is 0 Å². The fourth-order valence-electron chi connectivity index (χ4n) is 1.68. The first-order chi connectivity index (χ1) is 14.6. The number of ether oxygens (including phenoxy) is 1. The van der Waals surface area contributed by atoms with Crippen molar-refractivity contribution in [1.82, 2.24) is 10.6 Å². The molecular weight excluding hydrogens is 434 g/mol. The molecule has 5 N–H and O–H groups in total. The maximum Gasteiger partial charge on any atom is 0.341 e. The lowest BCUT2D eigenvalue weighted by Gasteiger charge is -2.06. The summed E-state index contributed by atoms with van der Waals surface area (Å²) in [5.74, 6) is 0.834. The second kappa shape index (κ2) is 21.6. The van der Waals surface area contributed by atoms with Gasteiger partial charge in [-0.1, -0.05) is 39.0 Å². The summed E-state index contributed by atoms with van der Waals surface area (Å²) in [7, 11) is 1.50. The zero-order valence-electron chi connectivity index (χ0n) is 18.9. The first-order valence-electron chi connectivity index (χ1n) is 9.69. The molecular formula is C22H39N3O6S. The van der Waals surface area contributed by atoms with Gasteiger partial charge < -0.3 is 26.2 Å². The Morgan fingerprint density at radius 3 is 2.03 bits per heavy atom. The average molecular weight is 474 g/mol. The molecule has 9 nitrogen and oxygen atoms in total. The van der Waals surface area contributed by atoms with E-state index in [0.29, 0.717) is 17.4 Å². The van der Waals surface area contributed by atoms with Crippen molar-refractivity contribution in [3.8, 4) is 5.75 Å². The van der Waals surface area contributed by atoms with Gasteiger partial charge in [-0.05, 0) is 44.7 Å². The van der Waals surface area contributed by atoms with Crippen LogP contribution in [0.3, 0.4) is 0 Å². The largest absolute Gasteiger partial charge is 0.482 e. The van der Waals surface area contributed by atoms with Gasteiger partial charge in [0.05, 0.1) is 18.8 Å². The van der Waals surface area contributed by atoms with E-state index in [2.05, 4.69) is 30.2 Å². The number of nitrogens with two attached hydrogens (primary N) is 1. The van der Waals surface area contributed by atoms with Crippen LogP contribution >= 0.6 is 11.8 Å². The highest BCUT2D eigenvalue weighted by Gasteiger charge is 2.06. The van der Waals surface area contributed by atoms with Crippen LogP contribution in [0.4, 0.5) is 0 Å². The number of hydrogen-bond donors (Lipinski definition) is 4. The van der Waals surface area contributed by atoms with Crippen LogP contribution in [0, 0.1) is 12.8 Å². The summed E-state index contributed by atoms with van der Waals surface area (Å²) < 4.78 is 4.92. The van der Waals surface area contributed by atoms with Gasteiger partial charge in [-0.25, -0.2) is 4.79 Å². The van der Waals surface area contributed by atoms with Crippen LogP contribution in [0.15, 0.2) is 24.3 Å². The van der Waals surface area contributed by atoms with E-state index in [4.69, 9.17) is 9.84 Å². The number of amides is 2. The van der Waals surface area contributed by atoms with Crippen LogP contribution in [0.25, 0.3) is 0 Å². The van der Waals surface area contributed by atoms with Crippen molar-refractivity contribution < 1.29 is 29.0 Å². The van der Waals surface area contributed by atoms with Gasteiger partial charge in [-0.3, -0.25) is 14.4 Å². The molecule has 10 heteroatoms. The third-order valence-corrected chi connectivity index (χ3v) is 4.42. The lowest BCUT2D eigenvalue weighted by Crippen LogP contribution is -2.39. The molecule has 0 bridgehead atoms. The van der Waals surface area contributed by atoms with Gasteiger partial charge in [0.2, 0.25) is 11.8 Å². The molecule has 0 radical (unpaired) electrons. The molecule has 1 aromatic carbocycles. The highest BCUT2D eigenvalue weighted by atomic mass is 32.2. The Bertz CT molecular complexity index is 666. The van der Waals surface area contributed by atoms with Crippen molar-refractivity contribution in [2.45, 2.75) is 35.1 Å². The molecule has 0 heterocycles. The maximum absolute atomic E-state index is 11.3. The Labute approximate surface area is 195 Å². The standard InChI is InChI=1S/C11H20N2O3S.C9H10O3.CH5N.CH4/c1-8(2)6-17-7-11(16)13-5-10(15)12-4-9(3)14;1-7-2-4-8(5-3-7)12-6-9(10)11;1-2;/h8H,4-7H2,1-3H3,(H,12,15)(H,13,16);2-5H,6H2,1H3,(H,10,11);2H2,1H3;1H4. The molecule has 0 aliphatic rings. The molecule has 0 aliphatic carbocycles. The summed E-state index contributed by atoms with van der Waals surface area (Å²) in [6.45, 7) is 7.16. The molecule has 2 amide bonds. The number of Topliss-reactive ketones (excluding diaryl/α,β-unsaturated/α-hetero) is 1. The topological polar surface area (TPSA) is 148 Å². The van der Waals surface area contributed by atoms with E-state index in [1.807, 2.05) is 19.1 Å². The Hall–Kier alpha value is -2.59. The third-order valence-electron chi connectivity index (χ3n) is 3.05. The summed E-state index contributed by atoms with van der Waals surface area (Å²) in [6, 6.07) is 7.24. The number of carbonyl (C=O) groups excluding carboxylic acids is 3. The van der Waals surface area contributed by atoms with Crippen molar-refractivity contribution in [3.63, 3.8) is 0 Å². The lowest BCUT2D eigenvalue weighted by atomic mass is 10.2. The number of aryl methyl sites for hydroxylation is 1. The quantitative estimate of drug-likeness (QED) is 0.381. The normalized spacial score (nSPS) is 9.09. The Kier molecular flexibility index (Phi) is 23.0. The molecule has 1 rings (SSSR count). The van der Waals surface area contributed by atoms with E-state index in [1.54, 1.807) is 23.9 Å². The van der Waals surface area contributed by atoms with Crippen molar-refractivity contribution >= 4 is 35.3 Å². The average Bonchev–Trinajstić information content (AvgIpc) is 2.72. The molecule has 0 atom stereocenters. The fraction of sp³-hybridized carbons (Fsp3) is 0.545. The number of ketones is 1. The molecule has 0 saturated carbocycles. The van der Waals surface area contributed by atoms with Gasteiger partial charge in [0.15, 0.2) is 6.61 Å². The highest BCUT2D eigenvalue weighted by molar-refractivity contribution is 7.99. The molecule has 0 fully saturated rings. The van der Waals surface area contributed by atoms with Gasteiger partial charge >= 0.3 is 5.97 Å². The van der Waals surface area contributed by atoms with E-state index >= 15 is 0 Å². The number of carboxylic acids is 1. The molecule has 32 heavy (non-hydrogen) atoms. The maximum atomic E-state index is 11.3. The SMILES string of the molecule is C.CC(=O)CNC(=O)CNC(=O)CSCC(C)C.CN.Cc1ccc(OCC(=O)O)cc1. The first-order valence-corrected chi connectivity index (χ1v) is 10.8. The van der Waals surface area contributed by atoms with E-state index in [1.165, 1.54) is 14.0 Å². The van der Waals surface area contributed by atoms with E-state index in [9.17, 15) is 19.2 Å². The van der Waals surface area contributed by atoms with Gasteiger partial charge in [-0.2, -0.15) is 11.8 Å². The van der Waals surface area contributed by atoms with Crippen LogP contribution in [-0.2, 0) is 19.2 Å². The lowest BCUT2D eigenvalue weighted by molar-refractivity contribution is -0.139. The Morgan fingerprint density at radius 2 is 1.56 bits per heavy atom. The monoisotopic (exact) mass is 473 g/mol. The minimum Gasteiger partial charge on any atom is -0.482 e. The number of carboxylic acid groups (broad SMARTS) is 1. The molecule has 0 spiro atoms. The number of carbonyl (C=O) groups is 4. The Morgan fingerprint density at radius 1 is 1.03 bits per heavy atom. The minimum absolute atomic E-state index is 0. The van der Waals surface area contributed by atoms with Crippen LogP contribution < -0.4 is 21.1 Å². The number of hydrogen-bond acceptors (Lipinski definition) is 7. The van der Waals surface area contributed by atoms with E-state index in [-0.39, 0.29) is 44.7 Å². The third kappa shape index (κ3) is 23.7. The van der Waals surface area contributed by atoms with Gasteiger partial charge in [0.1, 0.15) is 11.5 Å². The van der Waals surface area contributed by atoms with Crippen LogP contribution in [-0.4, -0.2) is 66.9 Å². The highest BCUT2D eigenvalue weighted by Crippen LogP contribution is 2.10. The van der Waals surface area contributed by atoms with Gasteiger partial charge in [0, 0.05) is 0 Å². The summed E-state index contributed by atoms with van der Waals surface area (Å²) >= 11 is 1.54. The molecule has 0 aliphatic heterocycles. The minimum atomic E-state index is -0.962. The first kappa shape index (κ1) is 34.0. The second-order valence-corrected chi connectivity index (χ2v) is 7.69. The van der Waals surface area contributed by atoms with Crippen molar-refractivity contribution in [2.24, 2.45) is 11.7 Å². The molecule has 0 aromatic heterocycles. The van der Waals surface area contributed by atoms with Crippen LogP contribution in [0.5, 0.6) is 5.75 Å². The molecule has 0 unspecified atom stereocenters. The van der Waals surface area contributed by atoms with Gasteiger partial charge in [0.25, 0.3) is 0 Å².